The molecule has 2 aliphatic rings. The first-order chi connectivity index (χ1) is 5.98. The van der Waals surface area contributed by atoms with Crippen LogP contribution in [0.4, 0.5) is 0 Å². The van der Waals surface area contributed by atoms with Crippen LogP contribution in [0.1, 0.15) is 12.8 Å². The van der Waals surface area contributed by atoms with Gasteiger partial charge in [-0.25, -0.2) is 0 Å². The summed E-state index contributed by atoms with van der Waals surface area (Å²) in [5.41, 5.74) is 4.37. The van der Waals surface area contributed by atoms with Crippen molar-refractivity contribution in [1.29, 1.82) is 0 Å². The van der Waals surface area contributed by atoms with E-state index in [0.717, 1.165) is 0 Å². The van der Waals surface area contributed by atoms with Crippen LogP contribution in [0.15, 0.2) is 0 Å². The van der Waals surface area contributed by atoms with Crippen molar-refractivity contribution in [2.45, 2.75) is 18.4 Å². The van der Waals surface area contributed by atoms with E-state index in [4.69, 9.17) is 15.9 Å². The molecule has 2 fully saturated rings. The monoisotopic (exact) mass is 221 g/mol. The minimum atomic E-state index is -1.28. The van der Waals surface area contributed by atoms with Crippen molar-refractivity contribution in [3.05, 3.63) is 0 Å². The van der Waals surface area contributed by atoms with E-state index in [-0.39, 0.29) is 24.2 Å². The fourth-order valence-electron chi connectivity index (χ4n) is 2.59. The number of fused-ring (bicyclic) bond motifs is 1. The average Bonchev–Trinajstić information content (AvgIpc) is 2.66. The van der Waals surface area contributed by atoms with Crippen LogP contribution >= 0.6 is 12.4 Å². The van der Waals surface area contributed by atoms with Crippen molar-refractivity contribution in [2.24, 2.45) is 23.5 Å². The third-order valence-corrected chi connectivity index (χ3v) is 3.34. The van der Waals surface area contributed by atoms with Crippen LogP contribution in [0.25, 0.3) is 0 Å². The van der Waals surface area contributed by atoms with Crippen LogP contribution in [0.5, 0.6) is 0 Å². The fourth-order valence-corrected chi connectivity index (χ4v) is 2.59. The number of hydrogen-bond acceptors (Lipinski definition) is 3. The molecule has 0 heterocycles. The first-order valence-corrected chi connectivity index (χ1v) is 4.23. The Morgan fingerprint density at radius 1 is 1.36 bits per heavy atom. The number of rotatable bonds is 2. The van der Waals surface area contributed by atoms with Gasteiger partial charge in [0.2, 0.25) is 0 Å². The zero-order valence-corrected chi connectivity index (χ0v) is 8.16. The minimum Gasteiger partial charge on any atom is -0.481 e. The zero-order valence-electron chi connectivity index (χ0n) is 7.34. The van der Waals surface area contributed by atoms with Crippen LogP contribution in [-0.4, -0.2) is 27.7 Å². The van der Waals surface area contributed by atoms with Gasteiger partial charge in [-0.15, -0.1) is 12.4 Å². The summed E-state index contributed by atoms with van der Waals surface area (Å²) < 4.78 is 0. The summed E-state index contributed by atoms with van der Waals surface area (Å²) in [5.74, 6) is -2.84. The van der Waals surface area contributed by atoms with Crippen LogP contribution in [-0.2, 0) is 9.59 Å². The number of carboxylic acids is 2. The van der Waals surface area contributed by atoms with Gasteiger partial charge in [0, 0.05) is 5.92 Å². The molecule has 0 aromatic heterocycles. The Kier molecular flexibility index (Phi) is 2.49. The molecule has 0 amide bonds. The molecule has 0 aromatic rings. The normalized spacial score (nSPS) is 43.6. The maximum atomic E-state index is 10.8. The molecule has 2 saturated carbocycles. The SMILES string of the molecule is Cl.NC1(C(=O)O)CCC2C(C(=O)O)C21. The highest BCUT2D eigenvalue weighted by Gasteiger charge is 2.69. The molecule has 0 saturated heterocycles. The van der Waals surface area contributed by atoms with Crippen molar-refractivity contribution in [3.63, 3.8) is 0 Å². The summed E-state index contributed by atoms with van der Waals surface area (Å²) in [4.78, 5) is 21.4. The summed E-state index contributed by atoms with van der Waals surface area (Å²) in [6.45, 7) is 0. The molecule has 5 nitrogen and oxygen atoms in total. The van der Waals surface area contributed by atoms with Crippen molar-refractivity contribution in [3.8, 4) is 0 Å². The standard InChI is InChI=1S/C8H11NO4.ClH/c9-8(7(12)13)2-1-3-4(5(3)8)6(10)11;/h3-5H,1-2,9H2,(H,10,11)(H,12,13);1H. The summed E-state index contributed by atoms with van der Waals surface area (Å²) in [6, 6.07) is 0. The van der Waals surface area contributed by atoms with E-state index in [1.54, 1.807) is 0 Å². The molecule has 0 aromatic carbocycles. The van der Waals surface area contributed by atoms with Crippen LogP contribution < -0.4 is 5.73 Å². The van der Waals surface area contributed by atoms with Crippen LogP contribution in [0.2, 0.25) is 0 Å². The Morgan fingerprint density at radius 2 is 1.93 bits per heavy atom. The van der Waals surface area contributed by atoms with E-state index in [9.17, 15) is 9.59 Å². The van der Waals surface area contributed by atoms with E-state index in [2.05, 4.69) is 0 Å². The molecular weight excluding hydrogens is 210 g/mol. The molecule has 6 heteroatoms. The molecule has 2 rings (SSSR count). The van der Waals surface area contributed by atoms with Gasteiger partial charge < -0.3 is 15.9 Å². The van der Waals surface area contributed by atoms with Gasteiger partial charge in [-0.1, -0.05) is 0 Å². The number of halogens is 1. The van der Waals surface area contributed by atoms with E-state index in [1.807, 2.05) is 0 Å². The predicted molar refractivity (Wildman–Crippen MR) is 49.1 cm³/mol. The van der Waals surface area contributed by atoms with Crippen molar-refractivity contribution in [2.75, 3.05) is 0 Å². The molecule has 4 unspecified atom stereocenters. The number of aliphatic carboxylic acids is 2. The Labute approximate surface area is 86.7 Å². The molecule has 4 atom stereocenters. The average molecular weight is 222 g/mol. The second-order valence-electron chi connectivity index (χ2n) is 3.94. The third-order valence-electron chi connectivity index (χ3n) is 3.34. The molecule has 2 aliphatic carbocycles. The Balaban J connectivity index is 0.000000980. The first-order valence-electron chi connectivity index (χ1n) is 4.23. The topological polar surface area (TPSA) is 101 Å². The van der Waals surface area contributed by atoms with Crippen molar-refractivity contribution in [1.82, 2.24) is 0 Å². The Bertz CT molecular complexity index is 295. The van der Waals surface area contributed by atoms with Crippen LogP contribution in [0, 0.1) is 17.8 Å². The fraction of sp³-hybridized carbons (Fsp3) is 0.750. The molecule has 0 bridgehead atoms. The second kappa shape index (κ2) is 3.10. The number of carbonyl (C=O) groups is 2. The lowest BCUT2D eigenvalue weighted by Gasteiger charge is -2.20. The molecule has 4 N–H and O–H groups in total. The maximum Gasteiger partial charge on any atom is 0.324 e. The highest BCUT2D eigenvalue weighted by molar-refractivity contribution is 5.85. The van der Waals surface area contributed by atoms with Crippen molar-refractivity contribution < 1.29 is 19.8 Å². The van der Waals surface area contributed by atoms with Gasteiger partial charge in [-0.2, -0.15) is 0 Å². The van der Waals surface area contributed by atoms with E-state index in [0.29, 0.717) is 12.8 Å². The summed E-state index contributed by atoms with van der Waals surface area (Å²) in [7, 11) is 0. The lowest BCUT2D eigenvalue weighted by Crippen LogP contribution is -2.49. The van der Waals surface area contributed by atoms with E-state index < -0.39 is 23.4 Å². The molecule has 14 heavy (non-hydrogen) atoms. The van der Waals surface area contributed by atoms with Gasteiger partial charge >= 0.3 is 11.9 Å². The number of nitrogens with two attached hydrogens (primary N) is 1. The smallest absolute Gasteiger partial charge is 0.324 e. The maximum absolute atomic E-state index is 10.8. The van der Waals surface area contributed by atoms with Gasteiger partial charge in [-0.05, 0) is 18.8 Å². The minimum absolute atomic E-state index is 0. The number of hydrogen-bond donors (Lipinski definition) is 3. The quantitative estimate of drug-likeness (QED) is 0.606. The van der Waals surface area contributed by atoms with Gasteiger partial charge in [0.25, 0.3) is 0 Å². The molecule has 0 spiro atoms. The third kappa shape index (κ3) is 1.19. The summed E-state index contributed by atoms with van der Waals surface area (Å²) in [6.07, 6.45) is 1.03. The lowest BCUT2D eigenvalue weighted by atomic mass is 9.92. The Morgan fingerprint density at radius 3 is 2.29 bits per heavy atom. The largest absolute Gasteiger partial charge is 0.481 e. The highest BCUT2D eigenvalue weighted by atomic mass is 35.5. The predicted octanol–water partition coefficient (Wildman–Crippen LogP) is -0.0691. The van der Waals surface area contributed by atoms with Gasteiger partial charge in [0.15, 0.2) is 0 Å². The van der Waals surface area contributed by atoms with Crippen LogP contribution in [0.3, 0.4) is 0 Å². The van der Waals surface area contributed by atoms with Gasteiger partial charge in [0.05, 0.1) is 5.92 Å². The molecular formula is C8H12ClNO4. The first kappa shape index (κ1) is 11.3. The summed E-state index contributed by atoms with van der Waals surface area (Å²) >= 11 is 0. The van der Waals surface area contributed by atoms with E-state index >= 15 is 0 Å². The lowest BCUT2D eigenvalue weighted by molar-refractivity contribution is -0.145. The second-order valence-corrected chi connectivity index (χ2v) is 3.94. The Hall–Kier alpha value is -0.810. The highest BCUT2D eigenvalue weighted by Crippen LogP contribution is 2.61. The summed E-state index contributed by atoms with van der Waals surface area (Å²) in [5, 5.41) is 17.6. The molecule has 0 radical (unpaired) electrons. The van der Waals surface area contributed by atoms with Gasteiger partial charge in [0.1, 0.15) is 5.54 Å². The zero-order chi connectivity index (χ0) is 9.80. The molecule has 80 valence electrons. The van der Waals surface area contributed by atoms with Gasteiger partial charge in [-0.3, -0.25) is 9.59 Å². The van der Waals surface area contributed by atoms with Crippen molar-refractivity contribution >= 4 is 24.3 Å². The molecule has 0 aliphatic heterocycles. The van der Waals surface area contributed by atoms with E-state index in [1.165, 1.54) is 0 Å². The number of carboxylic acid groups (broad SMARTS) is 2.